The predicted octanol–water partition coefficient (Wildman–Crippen LogP) is 2.98. The third-order valence-corrected chi connectivity index (χ3v) is 6.88. The molecule has 4 heterocycles. The Hall–Kier alpha value is -5.13. The lowest BCUT2D eigenvalue weighted by atomic mass is 10.00. The molecule has 1 saturated heterocycles. The molecule has 2 amide bonds. The number of rotatable bonds is 8. The van der Waals surface area contributed by atoms with E-state index in [4.69, 9.17) is 9.82 Å². The van der Waals surface area contributed by atoms with Crippen molar-refractivity contribution >= 4 is 29.5 Å². The number of likely N-dealkylation sites (tertiary alicyclic amines) is 1. The number of phenolic OH excluding ortho intramolecular Hbond substituents is 1. The number of nitrogens with one attached hydrogen (secondary N) is 3. The van der Waals surface area contributed by atoms with E-state index >= 15 is 0 Å². The molecular weight excluding hydrogens is 512 g/mol. The maximum atomic E-state index is 12.2. The molecule has 2 aromatic heterocycles. The van der Waals surface area contributed by atoms with Gasteiger partial charge in [-0.1, -0.05) is 23.0 Å². The zero-order valence-corrected chi connectivity index (χ0v) is 21.6. The molecule has 0 atom stereocenters. The number of anilines is 3. The zero-order chi connectivity index (χ0) is 27.5. The van der Waals surface area contributed by atoms with Crippen molar-refractivity contribution in [3.8, 4) is 17.0 Å². The second-order valence-corrected chi connectivity index (χ2v) is 9.57. The Morgan fingerprint density at radius 3 is 2.83 bits per heavy atom. The second-order valence-electron chi connectivity index (χ2n) is 9.57. The number of aromatic hydroxyl groups is 1. The average molecular weight is 541 g/mol. The van der Waals surface area contributed by atoms with Crippen molar-refractivity contribution in [1.29, 1.82) is 0 Å². The molecule has 2 aliphatic rings. The van der Waals surface area contributed by atoms with E-state index in [1.165, 1.54) is 0 Å². The van der Waals surface area contributed by atoms with E-state index in [0.29, 0.717) is 61.2 Å². The van der Waals surface area contributed by atoms with E-state index in [9.17, 15) is 14.7 Å². The number of aromatic nitrogens is 4. The number of fused-ring (bicyclic) bond motifs is 1. The van der Waals surface area contributed by atoms with Crippen LogP contribution in [0.25, 0.3) is 11.3 Å². The van der Waals surface area contributed by atoms with Gasteiger partial charge in [-0.15, -0.1) is 5.10 Å². The molecule has 4 N–H and O–H groups in total. The highest BCUT2D eigenvalue weighted by molar-refractivity contribution is 5.97. The summed E-state index contributed by atoms with van der Waals surface area (Å²) in [5.74, 6) is 1.04. The van der Waals surface area contributed by atoms with Crippen molar-refractivity contribution in [3.63, 3.8) is 0 Å². The lowest BCUT2D eigenvalue weighted by Gasteiger charge is -2.28. The van der Waals surface area contributed by atoms with Crippen LogP contribution in [0.4, 0.5) is 22.2 Å². The molecule has 204 valence electrons. The SMILES string of the molecule is O=C1NCCc2cc(Nc3ncc(-c4ccn(OC(=O)N5CCC5)n4)c(NCCc4ccccc4O)n3)ccc21. The minimum absolute atomic E-state index is 0.0701. The number of nitrogens with zero attached hydrogens (tertiary/aromatic N) is 5. The van der Waals surface area contributed by atoms with Crippen LogP contribution in [0.2, 0.25) is 0 Å². The first-order valence-electron chi connectivity index (χ1n) is 13.1. The van der Waals surface area contributed by atoms with Crippen molar-refractivity contribution in [1.82, 2.24) is 30.1 Å². The van der Waals surface area contributed by atoms with Crippen LogP contribution < -0.4 is 20.8 Å². The minimum atomic E-state index is -0.444. The van der Waals surface area contributed by atoms with Gasteiger partial charge in [0.25, 0.3) is 5.91 Å². The largest absolute Gasteiger partial charge is 0.508 e. The molecule has 6 rings (SSSR count). The molecule has 2 aromatic carbocycles. The van der Waals surface area contributed by atoms with Gasteiger partial charge >= 0.3 is 6.09 Å². The van der Waals surface area contributed by atoms with Crippen molar-refractivity contribution in [2.75, 3.05) is 36.8 Å². The van der Waals surface area contributed by atoms with Gasteiger partial charge in [0.1, 0.15) is 17.3 Å². The van der Waals surface area contributed by atoms with Crippen LogP contribution in [-0.2, 0) is 12.8 Å². The van der Waals surface area contributed by atoms with Crippen molar-refractivity contribution in [2.24, 2.45) is 0 Å². The lowest BCUT2D eigenvalue weighted by molar-refractivity contribution is 0.0612. The van der Waals surface area contributed by atoms with Crippen LogP contribution in [0.1, 0.15) is 27.9 Å². The van der Waals surface area contributed by atoms with Gasteiger partial charge in [0, 0.05) is 43.6 Å². The summed E-state index contributed by atoms with van der Waals surface area (Å²) in [6, 6.07) is 14.5. The Morgan fingerprint density at radius 1 is 1.12 bits per heavy atom. The molecule has 4 aromatic rings. The van der Waals surface area contributed by atoms with Crippen molar-refractivity contribution in [3.05, 3.63) is 77.6 Å². The fourth-order valence-corrected chi connectivity index (χ4v) is 4.58. The third-order valence-electron chi connectivity index (χ3n) is 6.88. The Kier molecular flexibility index (Phi) is 6.87. The first kappa shape index (κ1) is 25.2. The molecule has 12 heteroatoms. The van der Waals surface area contributed by atoms with Crippen LogP contribution in [0.3, 0.4) is 0 Å². The van der Waals surface area contributed by atoms with Gasteiger partial charge in [0.2, 0.25) is 5.95 Å². The Labute approximate surface area is 230 Å². The van der Waals surface area contributed by atoms with E-state index in [1.54, 1.807) is 41.6 Å². The average Bonchev–Trinajstić information content (AvgIpc) is 3.37. The number of amides is 2. The molecule has 40 heavy (non-hydrogen) atoms. The summed E-state index contributed by atoms with van der Waals surface area (Å²) >= 11 is 0. The van der Waals surface area contributed by atoms with Gasteiger partial charge in [0.15, 0.2) is 0 Å². The Bertz CT molecular complexity index is 1570. The minimum Gasteiger partial charge on any atom is -0.508 e. The summed E-state index contributed by atoms with van der Waals surface area (Å²) in [5, 5.41) is 24.0. The lowest BCUT2D eigenvalue weighted by Crippen LogP contribution is -2.45. The molecule has 2 aliphatic heterocycles. The molecule has 1 fully saturated rings. The highest BCUT2D eigenvalue weighted by atomic mass is 16.7. The number of carbonyl (C=O) groups excluding carboxylic acids is 2. The van der Waals surface area contributed by atoms with Gasteiger partial charge < -0.3 is 26.0 Å². The van der Waals surface area contributed by atoms with E-state index in [2.05, 4.69) is 26.0 Å². The fourth-order valence-electron chi connectivity index (χ4n) is 4.58. The summed E-state index contributed by atoms with van der Waals surface area (Å²) < 4.78 is 0. The van der Waals surface area contributed by atoms with Gasteiger partial charge in [-0.2, -0.15) is 4.98 Å². The number of hydrogen-bond acceptors (Lipinski definition) is 9. The van der Waals surface area contributed by atoms with E-state index in [0.717, 1.165) is 34.5 Å². The summed E-state index contributed by atoms with van der Waals surface area (Å²) in [6.45, 7) is 2.45. The summed E-state index contributed by atoms with van der Waals surface area (Å²) in [7, 11) is 0. The van der Waals surface area contributed by atoms with Gasteiger partial charge in [-0.05, 0) is 60.7 Å². The number of phenols is 1. The second kappa shape index (κ2) is 10.9. The third kappa shape index (κ3) is 5.37. The number of hydrogen-bond donors (Lipinski definition) is 4. The van der Waals surface area contributed by atoms with Crippen molar-refractivity contribution < 1.29 is 19.5 Å². The smallest absolute Gasteiger partial charge is 0.435 e. The van der Waals surface area contributed by atoms with Gasteiger partial charge in [0.05, 0.1) is 11.8 Å². The van der Waals surface area contributed by atoms with E-state index < -0.39 is 6.09 Å². The van der Waals surface area contributed by atoms with Crippen LogP contribution in [0.15, 0.2) is 60.9 Å². The van der Waals surface area contributed by atoms with Crippen LogP contribution in [0, 0.1) is 0 Å². The first-order chi connectivity index (χ1) is 19.5. The van der Waals surface area contributed by atoms with Gasteiger partial charge in [-0.25, -0.2) is 9.78 Å². The predicted molar refractivity (Wildman–Crippen MR) is 147 cm³/mol. The monoisotopic (exact) mass is 540 g/mol. The van der Waals surface area contributed by atoms with Crippen LogP contribution in [-0.4, -0.2) is 68.1 Å². The zero-order valence-electron chi connectivity index (χ0n) is 21.6. The molecule has 12 nitrogen and oxygen atoms in total. The Balaban J connectivity index is 1.24. The molecular formula is C28H28N8O4. The highest BCUT2D eigenvalue weighted by Crippen LogP contribution is 2.28. The number of carbonyl (C=O) groups is 2. The standard InChI is InChI=1S/C28H28N8O4/c37-24-5-2-1-4-18(24)8-11-29-25-22(23-10-15-36(34-23)40-28(39)35-13-3-14-35)17-31-27(33-25)32-20-6-7-21-19(16-20)9-12-30-26(21)38/h1-2,4-7,10,15-17,37H,3,8-9,11-14H2,(H,30,38)(H2,29,31,32,33). The molecule has 0 spiro atoms. The van der Waals surface area contributed by atoms with E-state index in [1.807, 2.05) is 24.3 Å². The molecule has 0 saturated carbocycles. The molecule has 0 unspecified atom stereocenters. The highest BCUT2D eigenvalue weighted by Gasteiger charge is 2.23. The quantitative estimate of drug-likeness (QED) is 0.265. The van der Waals surface area contributed by atoms with E-state index in [-0.39, 0.29) is 11.7 Å². The summed E-state index contributed by atoms with van der Waals surface area (Å²) in [4.78, 5) is 41.5. The fraction of sp³-hybridized carbons (Fsp3) is 0.250. The Morgan fingerprint density at radius 2 is 2.00 bits per heavy atom. The first-order valence-corrected chi connectivity index (χ1v) is 13.1. The molecule has 0 bridgehead atoms. The summed E-state index contributed by atoms with van der Waals surface area (Å²) in [6.07, 6.45) is 5.05. The summed E-state index contributed by atoms with van der Waals surface area (Å²) in [5.41, 5.74) is 4.35. The maximum Gasteiger partial charge on any atom is 0.435 e. The number of benzene rings is 2. The molecule has 0 aliphatic carbocycles. The molecule has 0 radical (unpaired) electrons. The van der Waals surface area contributed by atoms with Gasteiger partial charge in [-0.3, -0.25) is 9.63 Å². The number of para-hydroxylation sites is 1. The van der Waals surface area contributed by atoms with Crippen molar-refractivity contribution in [2.45, 2.75) is 19.3 Å². The normalized spacial score (nSPS) is 14.1. The topological polar surface area (TPSA) is 147 Å². The maximum absolute atomic E-state index is 12.2. The van der Waals surface area contributed by atoms with Crippen LogP contribution in [0.5, 0.6) is 5.75 Å². The van der Waals surface area contributed by atoms with Crippen LogP contribution >= 0.6 is 0 Å².